The number of thiophene rings is 1. The average molecular weight is 353 g/mol. The third kappa shape index (κ3) is 3.26. The maximum absolute atomic E-state index is 4.81. The lowest BCUT2D eigenvalue weighted by Gasteiger charge is -2.35. The molecule has 0 aliphatic carbocycles. The van der Waals surface area contributed by atoms with Gasteiger partial charge >= 0.3 is 0 Å². The van der Waals surface area contributed by atoms with Crippen molar-refractivity contribution in [2.24, 2.45) is 0 Å². The van der Waals surface area contributed by atoms with E-state index in [9.17, 15) is 0 Å². The molecule has 0 radical (unpaired) electrons. The molecule has 0 atom stereocenters. The van der Waals surface area contributed by atoms with Gasteiger partial charge in [-0.15, -0.1) is 11.3 Å². The second-order valence-electron chi connectivity index (χ2n) is 6.81. The fourth-order valence-electron chi connectivity index (χ4n) is 3.52. The van der Waals surface area contributed by atoms with E-state index in [0.717, 1.165) is 49.2 Å². The number of nitrogens with zero attached hydrogens (tertiary/aromatic N) is 4. The van der Waals surface area contributed by atoms with Crippen molar-refractivity contribution in [3.63, 3.8) is 0 Å². The first kappa shape index (κ1) is 16.5. The van der Waals surface area contributed by atoms with Crippen LogP contribution in [0.15, 0.2) is 30.3 Å². The molecule has 5 heteroatoms. The van der Waals surface area contributed by atoms with Gasteiger partial charge in [0.2, 0.25) is 0 Å². The SMILES string of the molecule is Cc1nc(N2CCN(Cc3ccccc3)CC2)c2c(C)c(C)sc2n1. The highest BCUT2D eigenvalue weighted by Gasteiger charge is 2.22. The summed E-state index contributed by atoms with van der Waals surface area (Å²) in [4.78, 5) is 16.9. The topological polar surface area (TPSA) is 32.3 Å². The lowest BCUT2D eigenvalue weighted by molar-refractivity contribution is 0.249. The molecular weight excluding hydrogens is 328 g/mol. The predicted molar refractivity (Wildman–Crippen MR) is 106 cm³/mol. The number of fused-ring (bicyclic) bond motifs is 1. The molecule has 1 aliphatic heterocycles. The molecule has 1 aliphatic rings. The predicted octanol–water partition coefficient (Wildman–Crippen LogP) is 3.94. The Morgan fingerprint density at radius 3 is 2.40 bits per heavy atom. The lowest BCUT2D eigenvalue weighted by atomic mass is 10.1. The summed E-state index contributed by atoms with van der Waals surface area (Å²) >= 11 is 1.79. The molecular formula is C20H24N4S. The highest BCUT2D eigenvalue weighted by molar-refractivity contribution is 7.18. The van der Waals surface area contributed by atoms with Crippen LogP contribution in [0.25, 0.3) is 10.2 Å². The zero-order valence-electron chi connectivity index (χ0n) is 15.1. The molecule has 0 unspecified atom stereocenters. The quantitative estimate of drug-likeness (QED) is 0.715. The smallest absolute Gasteiger partial charge is 0.141 e. The first-order chi connectivity index (χ1) is 12.1. The van der Waals surface area contributed by atoms with Gasteiger partial charge in [0, 0.05) is 37.6 Å². The second kappa shape index (κ2) is 6.73. The first-order valence-electron chi connectivity index (χ1n) is 8.87. The fraction of sp³-hybridized carbons (Fsp3) is 0.400. The van der Waals surface area contributed by atoms with Crippen molar-refractivity contribution in [2.45, 2.75) is 27.3 Å². The van der Waals surface area contributed by atoms with Crippen molar-refractivity contribution in [3.8, 4) is 0 Å². The number of anilines is 1. The Bertz CT molecular complexity index is 880. The molecule has 0 saturated carbocycles. The molecule has 0 N–H and O–H groups in total. The van der Waals surface area contributed by atoms with Gasteiger partial charge in [0.1, 0.15) is 16.5 Å². The van der Waals surface area contributed by atoms with E-state index in [1.165, 1.54) is 21.4 Å². The molecule has 4 nitrogen and oxygen atoms in total. The Morgan fingerprint density at radius 1 is 0.960 bits per heavy atom. The average Bonchev–Trinajstić information content (AvgIpc) is 2.90. The summed E-state index contributed by atoms with van der Waals surface area (Å²) in [7, 11) is 0. The van der Waals surface area contributed by atoms with E-state index in [-0.39, 0.29) is 0 Å². The van der Waals surface area contributed by atoms with E-state index >= 15 is 0 Å². The minimum absolute atomic E-state index is 0.871. The molecule has 4 rings (SSSR count). The van der Waals surface area contributed by atoms with E-state index in [1.54, 1.807) is 11.3 Å². The summed E-state index contributed by atoms with van der Waals surface area (Å²) in [6.07, 6.45) is 0. The minimum Gasteiger partial charge on any atom is -0.353 e. The van der Waals surface area contributed by atoms with Crippen LogP contribution in [0.2, 0.25) is 0 Å². The Hall–Kier alpha value is -1.98. The third-order valence-corrected chi connectivity index (χ3v) is 6.14. The van der Waals surface area contributed by atoms with Gasteiger partial charge in [-0.25, -0.2) is 9.97 Å². The van der Waals surface area contributed by atoms with Crippen LogP contribution in [-0.4, -0.2) is 41.0 Å². The van der Waals surface area contributed by atoms with Crippen LogP contribution in [-0.2, 0) is 6.54 Å². The Balaban J connectivity index is 1.54. The van der Waals surface area contributed by atoms with E-state index in [2.05, 4.69) is 59.0 Å². The van der Waals surface area contributed by atoms with E-state index in [1.807, 2.05) is 6.92 Å². The first-order valence-corrected chi connectivity index (χ1v) is 9.69. The van der Waals surface area contributed by atoms with Crippen LogP contribution in [0, 0.1) is 20.8 Å². The van der Waals surface area contributed by atoms with E-state index in [0.29, 0.717) is 0 Å². The normalized spacial score (nSPS) is 15.9. The van der Waals surface area contributed by atoms with Crippen molar-refractivity contribution < 1.29 is 0 Å². The Labute approximate surface area is 153 Å². The van der Waals surface area contributed by atoms with Crippen LogP contribution in [0.1, 0.15) is 21.8 Å². The summed E-state index contributed by atoms with van der Waals surface area (Å²) in [6.45, 7) is 11.6. The molecule has 130 valence electrons. The minimum atomic E-state index is 0.871. The van der Waals surface area contributed by atoms with E-state index < -0.39 is 0 Å². The number of benzene rings is 1. The largest absolute Gasteiger partial charge is 0.353 e. The monoisotopic (exact) mass is 352 g/mol. The summed E-state index contributed by atoms with van der Waals surface area (Å²) in [6, 6.07) is 10.7. The van der Waals surface area contributed by atoms with Crippen molar-refractivity contribution in [1.82, 2.24) is 14.9 Å². The van der Waals surface area contributed by atoms with Crippen LogP contribution in [0.4, 0.5) is 5.82 Å². The second-order valence-corrected chi connectivity index (χ2v) is 8.01. The Kier molecular flexibility index (Phi) is 4.44. The van der Waals surface area contributed by atoms with Crippen molar-refractivity contribution >= 4 is 27.4 Å². The highest BCUT2D eigenvalue weighted by Crippen LogP contribution is 2.35. The molecule has 0 amide bonds. The van der Waals surface area contributed by atoms with Crippen LogP contribution in [0.3, 0.4) is 0 Å². The highest BCUT2D eigenvalue weighted by atomic mass is 32.1. The molecule has 1 aromatic carbocycles. The third-order valence-electron chi connectivity index (χ3n) is 5.04. The van der Waals surface area contributed by atoms with Crippen molar-refractivity contribution in [3.05, 3.63) is 52.2 Å². The van der Waals surface area contributed by atoms with Gasteiger partial charge in [0.15, 0.2) is 0 Å². The van der Waals surface area contributed by atoms with Crippen LogP contribution < -0.4 is 4.90 Å². The van der Waals surface area contributed by atoms with Crippen LogP contribution in [0.5, 0.6) is 0 Å². The van der Waals surface area contributed by atoms with Crippen LogP contribution >= 0.6 is 11.3 Å². The molecule has 1 saturated heterocycles. The fourth-order valence-corrected chi connectivity index (χ4v) is 4.59. The summed E-state index contributed by atoms with van der Waals surface area (Å²) in [5, 5.41) is 1.25. The van der Waals surface area contributed by atoms with Crippen molar-refractivity contribution in [1.29, 1.82) is 0 Å². The van der Waals surface area contributed by atoms with Gasteiger partial charge in [-0.05, 0) is 31.9 Å². The number of piperazine rings is 1. The van der Waals surface area contributed by atoms with Gasteiger partial charge in [0.25, 0.3) is 0 Å². The summed E-state index contributed by atoms with van der Waals surface area (Å²) in [5.74, 6) is 2.00. The maximum atomic E-state index is 4.81. The van der Waals surface area contributed by atoms with Gasteiger partial charge in [-0.3, -0.25) is 4.90 Å². The number of aryl methyl sites for hydroxylation is 3. The van der Waals surface area contributed by atoms with Gasteiger partial charge in [-0.2, -0.15) is 0 Å². The van der Waals surface area contributed by atoms with Gasteiger partial charge in [0.05, 0.1) is 5.39 Å². The Morgan fingerprint density at radius 2 is 1.68 bits per heavy atom. The molecule has 3 aromatic rings. The summed E-state index contributed by atoms with van der Waals surface area (Å²) in [5.41, 5.74) is 2.72. The number of aromatic nitrogens is 2. The lowest BCUT2D eigenvalue weighted by Crippen LogP contribution is -2.46. The molecule has 1 fully saturated rings. The summed E-state index contributed by atoms with van der Waals surface area (Å²) < 4.78 is 0. The zero-order valence-corrected chi connectivity index (χ0v) is 15.9. The zero-order chi connectivity index (χ0) is 17.4. The van der Waals surface area contributed by atoms with Gasteiger partial charge < -0.3 is 4.90 Å². The number of hydrogen-bond acceptors (Lipinski definition) is 5. The van der Waals surface area contributed by atoms with Gasteiger partial charge in [-0.1, -0.05) is 30.3 Å². The van der Waals surface area contributed by atoms with Crippen molar-refractivity contribution in [2.75, 3.05) is 31.1 Å². The molecule has 0 spiro atoms. The number of hydrogen-bond donors (Lipinski definition) is 0. The maximum Gasteiger partial charge on any atom is 0.141 e. The molecule has 0 bridgehead atoms. The standard InChI is InChI=1S/C20H24N4S/c1-14-15(2)25-20-18(14)19(21-16(3)22-20)24-11-9-23(10-12-24)13-17-7-5-4-6-8-17/h4-8H,9-13H2,1-3H3. The molecule has 3 heterocycles. The van der Waals surface area contributed by atoms with E-state index in [4.69, 9.17) is 4.98 Å². The molecule has 2 aromatic heterocycles. The number of rotatable bonds is 3. The molecule has 25 heavy (non-hydrogen) atoms.